The van der Waals surface area contributed by atoms with Crippen molar-refractivity contribution in [3.05, 3.63) is 72.1 Å². The van der Waals surface area contributed by atoms with Crippen LogP contribution < -0.4 is 19.7 Å². The summed E-state index contributed by atoms with van der Waals surface area (Å²) in [5.74, 6) is 1.11. The molecule has 1 N–H and O–H groups in total. The number of benzene rings is 2. The lowest BCUT2D eigenvalue weighted by Gasteiger charge is -2.31. The third kappa shape index (κ3) is 3.03. The molecule has 0 bridgehead atoms. The van der Waals surface area contributed by atoms with Crippen LogP contribution in [0.15, 0.2) is 60.9 Å². The Kier molecular flexibility index (Phi) is 4.09. The van der Waals surface area contributed by atoms with E-state index >= 15 is 0 Å². The number of nitrogens with one attached hydrogen (secondary N) is 1. The highest BCUT2D eigenvalue weighted by Gasteiger charge is 2.20. The summed E-state index contributed by atoms with van der Waals surface area (Å²) in [7, 11) is 0. The minimum absolute atomic E-state index is 0.204. The molecule has 6 nitrogen and oxygen atoms in total. The Morgan fingerprint density at radius 2 is 1.93 bits per heavy atom. The zero-order valence-electron chi connectivity index (χ0n) is 15.2. The molecular weight excluding hydrogens is 354 g/mol. The number of nitrogens with zero attached hydrogens (tertiary/aromatic N) is 2. The van der Waals surface area contributed by atoms with Crippen molar-refractivity contribution in [2.45, 2.75) is 12.8 Å². The van der Waals surface area contributed by atoms with Gasteiger partial charge in [-0.25, -0.2) is 0 Å². The van der Waals surface area contributed by atoms with Crippen LogP contribution in [0.2, 0.25) is 0 Å². The molecule has 140 valence electrons. The van der Waals surface area contributed by atoms with E-state index in [1.165, 1.54) is 11.3 Å². The molecule has 0 saturated heterocycles. The second-order valence-corrected chi connectivity index (χ2v) is 6.84. The first-order valence-electron chi connectivity index (χ1n) is 9.29. The van der Waals surface area contributed by atoms with Crippen LogP contribution in [0.4, 0.5) is 17.1 Å². The van der Waals surface area contributed by atoms with E-state index < -0.39 is 0 Å². The molecule has 1 amide bonds. The maximum Gasteiger partial charge on any atom is 0.257 e. The van der Waals surface area contributed by atoms with Crippen LogP contribution in [0, 0.1) is 0 Å². The zero-order chi connectivity index (χ0) is 18.9. The third-order valence-electron chi connectivity index (χ3n) is 5.04. The molecule has 0 atom stereocenters. The number of pyridine rings is 1. The Labute approximate surface area is 162 Å². The highest BCUT2D eigenvalue weighted by molar-refractivity contribution is 6.04. The van der Waals surface area contributed by atoms with Gasteiger partial charge in [-0.1, -0.05) is 18.2 Å². The SMILES string of the molecule is O=C(Nc1ccc2c(c1)OCO2)c1cncc(N2CCCc3ccccc32)c1. The Hall–Kier alpha value is -3.54. The summed E-state index contributed by atoms with van der Waals surface area (Å²) in [4.78, 5) is 19.3. The molecule has 0 saturated carbocycles. The van der Waals surface area contributed by atoms with Gasteiger partial charge >= 0.3 is 0 Å². The molecule has 2 aliphatic rings. The van der Waals surface area contributed by atoms with E-state index in [2.05, 4.69) is 33.4 Å². The lowest BCUT2D eigenvalue weighted by atomic mass is 10.0. The maximum absolute atomic E-state index is 12.8. The number of carbonyl (C=O) groups is 1. The Morgan fingerprint density at radius 1 is 1.04 bits per heavy atom. The van der Waals surface area contributed by atoms with Crippen LogP contribution in [-0.4, -0.2) is 24.2 Å². The maximum atomic E-state index is 12.8. The number of aryl methyl sites for hydroxylation is 1. The summed E-state index contributed by atoms with van der Waals surface area (Å²) in [5.41, 5.74) is 4.60. The van der Waals surface area contributed by atoms with E-state index in [-0.39, 0.29) is 12.7 Å². The van der Waals surface area contributed by atoms with Gasteiger partial charge in [-0.05, 0) is 42.7 Å². The van der Waals surface area contributed by atoms with E-state index in [4.69, 9.17) is 9.47 Å². The Morgan fingerprint density at radius 3 is 2.89 bits per heavy atom. The van der Waals surface area contributed by atoms with Gasteiger partial charge in [0.15, 0.2) is 11.5 Å². The topological polar surface area (TPSA) is 63.7 Å². The smallest absolute Gasteiger partial charge is 0.257 e. The monoisotopic (exact) mass is 373 g/mol. The number of hydrogen-bond donors (Lipinski definition) is 1. The van der Waals surface area contributed by atoms with E-state index in [1.807, 2.05) is 12.1 Å². The van der Waals surface area contributed by atoms with Gasteiger partial charge in [-0.3, -0.25) is 9.78 Å². The zero-order valence-corrected chi connectivity index (χ0v) is 15.2. The van der Waals surface area contributed by atoms with Gasteiger partial charge in [0.2, 0.25) is 6.79 Å². The molecule has 5 rings (SSSR count). The van der Waals surface area contributed by atoms with Gasteiger partial charge in [0, 0.05) is 30.2 Å². The van der Waals surface area contributed by atoms with Crippen molar-refractivity contribution in [1.29, 1.82) is 0 Å². The standard InChI is InChI=1S/C22H19N3O3/c26-22(24-17-7-8-20-21(11-17)28-14-27-20)16-10-18(13-23-12-16)25-9-3-5-15-4-1-2-6-19(15)25/h1-2,4,6-8,10-13H,3,5,9,14H2,(H,24,26). The second-order valence-electron chi connectivity index (χ2n) is 6.84. The first kappa shape index (κ1) is 16.6. The number of carbonyl (C=O) groups excluding carboxylic acids is 1. The second kappa shape index (κ2) is 6.88. The minimum Gasteiger partial charge on any atom is -0.454 e. The summed E-state index contributed by atoms with van der Waals surface area (Å²) >= 11 is 0. The third-order valence-corrected chi connectivity index (χ3v) is 5.04. The van der Waals surface area contributed by atoms with E-state index in [9.17, 15) is 4.79 Å². The quantitative estimate of drug-likeness (QED) is 0.747. The number of aromatic nitrogens is 1. The molecule has 2 aliphatic heterocycles. The van der Waals surface area contributed by atoms with Crippen molar-refractivity contribution in [3.63, 3.8) is 0 Å². The molecule has 6 heteroatoms. The number of fused-ring (bicyclic) bond motifs is 2. The molecule has 3 aromatic rings. The summed E-state index contributed by atoms with van der Waals surface area (Å²) in [6.07, 6.45) is 5.54. The number of amides is 1. The summed E-state index contributed by atoms with van der Waals surface area (Å²) in [5, 5.41) is 2.90. The summed E-state index contributed by atoms with van der Waals surface area (Å²) in [6, 6.07) is 15.6. The fourth-order valence-electron chi connectivity index (χ4n) is 3.68. The number of anilines is 3. The normalized spacial score (nSPS) is 14.5. The molecular formula is C22H19N3O3. The first-order valence-corrected chi connectivity index (χ1v) is 9.29. The Balaban J connectivity index is 1.39. The van der Waals surface area contributed by atoms with Gasteiger partial charge in [-0.2, -0.15) is 0 Å². The van der Waals surface area contributed by atoms with Crippen LogP contribution in [0.25, 0.3) is 0 Å². The van der Waals surface area contributed by atoms with Crippen LogP contribution in [0.1, 0.15) is 22.3 Å². The molecule has 2 aromatic carbocycles. The van der Waals surface area contributed by atoms with Crippen molar-refractivity contribution in [2.24, 2.45) is 0 Å². The fourth-order valence-corrected chi connectivity index (χ4v) is 3.68. The van der Waals surface area contributed by atoms with Crippen molar-refractivity contribution < 1.29 is 14.3 Å². The molecule has 0 radical (unpaired) electrons. The van der Waals surface area contributed by atoms with Gasteiger partial charge in [0.1, 0.15) is 0 Å². The van der Waals surface area contributed by atoms with Crippen molar-refractivity contribution in [1.82, 2.24) is 4.98 Å². The predicted octanol–water partition coefficient (Wildman–Crippen LogP) is 4.15. The van der Waals surface area contributed by atoms with Crippen LogP contribution in [-0.2, 0) is 6.42 Å². The molecule has 1 aromatic heterocycles. The molecule has 0 fully saturated rings. The highest BCUT2D eigenvalue weighted by atomic mass is 16.7. The summed E-state index contributed by atoms with van der Waals surface area (Å²) < 4.78 is 10.7. The van der Waals surface area contributed by atoms with Gasteiger partial charge in [0.25, 0.3) is 5.91 Å². The lowest BCUT2D eigenvalue weighted by Crippen LogP contribution is -2.25. The largest absolute Gasteiger partial charge is 0.454 e. The molecule has 0 aliphatic carbocycles. The van der Waals surface area contributed by atoms with Crippen molar-refractivity contribution >= 4 is 23.0 Å². The average molecular weight is 373 g/mol. The van der Waals surface area contributed by atoms with Crippen molar-refractivity contribution in [3.8, 4) is 11.5 Å². The summed E-state index contributed by atoms with van der Waals surface area (Å²) in [6.45, 7) is 1.11. The predicted molar refractivity (Wildman–Crippen MR) is 107 cm³/mol. The van der Waals surface area contributed by atoms with Gasteiger partial charge in [-0.15, -0.1) is 0 Å². The minimum atomic E-state index is -0.210. The number of para-hydroxylation sites is 1. The van der Waals surface area contributed by atoms with E-state index in [0.29, 0.717) is 22.7 Å². The van der Waals surface area contributed by atoms with E-state index in [0.717, 1.165) is 25.1 Å². The fraction of sp³-hybridized carbons (Fsp3) is 0.182. The highest BCUT2D eigenvalue weighted by Crippen LogP contribution is 2.35. The molecule has 0 unspecified atom stereocenters. The Bertz CT molecular complexity index is 1050. The van der Waals surface area contributed by atoms with E-state index in [1.54, 1.807) is 30.6 Å². The van der Waals surface area contributed by atoms with Gasteiger partial charge < -0.3 is 19.7 Å². The number of ether oxygens (including phenoxy) is 2. The van der Waals surface area contributed by atoms with Gasteiger partial charge in [0.05, 0.1) is 17.4 Å². The molecule has 28 heavy (non-hydrogen) atoms. The van der Waals surface area contributed by atoms with Crippen molar-refractivity contribution in [2.75, 3.05) is 23.6 Å². The van der Waals surface area contributed by atoms with Crippen LogP contribution in [0.5, 0.6) is 11.5 Å². The number of rotatable bonds is 3. The lowest BCUT2D eigenvalue weighted by molar-refractivity contribution is 0.102. The van der Waals surface area contributed by atoms with Crippen LogP contribution >= 0.6 is 0 Å². The number of hydrogen-bond acceptors (Lipinski definition) is 5. The molecule has 0 spiro atoms. The first-order chi connectivity index (χ1) is 13.8. The van der Waals surface area contributed by atoms with Crippen LogP contribution in [0.3, 0.4) is 0 Å². The molecule has 3 heterocycles. The average Bonchev–Trinajstić information content (AvgIpc) is 3.21.